The first kappa shape index (κ1) is 9.94. The van der Waals surface area contributed by atoms with Gasteiger partial charge in [-0.25, -0.2) is 0 Å². The third-order valence-corrected chi connectivity index (χ3v) is 1.34. The van der Waals surface area contributed by atoms with Gasteiger partial charge in [0.2, 0.25) is 0 Å². The van der Waals surface area contributed by atoms with Crippen molar-refractivity contribution in [1.29, 1.82) is 0 Å². The highest BCUT2D eigenvalue weighted by molar-refractivity contribution is 5.92. The van der Waals surface area contributed by atoms with Crippen molar-refractivity contribution in [1.82, 2.24) is 0 Å². The zero-order chi connectivity index (χ0) is 8.85. The number of carboxylic acid groups (broad SMARTS) is 2. The lowest BCUT2D eigenvalue weighted by atomic mass is 10.0. The summed E-state index contributed by atoms with van der Waals surface area (Å²) in [5, 5.41) is 16.7. The molecule has 0 fully saturated rings. The number of aliphatic carboxylic acids is 2. The van der Waals surface area contributed by atoms with Gasteiger partial charge in [0.1, 0.15) is 0 Å². The Labute approximate surface area is 64.8 Å². The monoisotopic (exact) mass is 159 g/mol. The molecule has 0 bridgehead atoms. The molecule has 63 valence electrons. The van der Waals surface area contributed by atoms with E-state index in [-0.39, 0.29) is 6.42 Å². The van der Waals surface area contributed by atoms with Crippen LogP contribution in [0, 0.1) is 12.8 Å². The van der Waals surface area contributed by atoms with Crippen LogP contribution in [-0.2, 0) is 9.59 Å². The first-order valence-electron chi connectivity index (χ1n) is 3.34. The molecule has 0 spiro atoms. The molecule has 1 radical (unpaired) electrons. The summed E-state index contributed by atoms with van der Waals surface area (Å²) in [6.45, 7) is 3.49. The van der Waals surface area contributed by atoms with E-state index in [1.54, 1.807) is 0 Å². The zero-order valence-corrected chi connectivity index (χ0v) is 6.12. The molecule has 0 saturated heterocycles. The van der Waals surface area contributed by atoms with Gasteiger partial charge >= 0.3 is 11.9 Å². The maximum Gasteiger partial charge on any atom is 0.317 e. The third kappa shape index (κ3) is 3.60. The van der Waals surface area contributed by atoms with Crippen LogP contribution in [0.4, 0.5) is 0 Å². The number of carbonyl (C=O) groups is 2. The first-order valence-corrected chi connectivity index (χ1v) is 3.34. The lowest BCUT2D eigenvalue weighted by Crippen LogP contribution is -2.22. The molecule has 0 aliphatic carbocycles. The standard InChI is InChI=1S/C7H11O4/c1-2-3-4-5(6(8)9)7(10)11/h5H,1-4H2,(H,8,9)(H,10,11). The lowest BCUT2D eigenvalue weighted by Gasteiger charge is -2.04. The van der Waals surface area contributed by atoms with E-state index in [4.69, 9.17) is 10.2 Å². The second kappa shape index (κ2) is 4.71. The summed E-state index contributed by atoms with van der Waals surface area (Å²) in [5.41, 5.74) is 0. The topological polar surface area (TPSA) is 74.6 Å². The van der Waals surface area contributed by atoms with Crippen LogP contribution >= 0.6 is 0 Å². The molecule has 4 heteroatoms. The van der Waals surface area contributed by atoms with E-state index in [1.165, 1.54) is 0 Å². The predicted molar refractivity (Wildman–Crippen MR) is 38.0 cm³/mol. The highest BCUT2D eigenvalue weighted by Gasteiger charge is 2.24. The normalized spacial score (nSPS) is 10.0. The summed E-state index contributed by atoms with van der Waals surface area (Å²) in [7, 11) is 0. The molecular formula is C7H11O4. The van der Waals surface area contributed by atoms with E-state index in [0.717, 1.165) is 0 Å². The van der Waals surface area contributed by atoms with Crippen LogP contribution < -0.4 is 0 Å². The van der Waals surface area contributed by atoms with Gasteiger partial charge in [0, 0.05) is 0 Å². The van der Waals surface area contributed by atoms with Crippen LogP contribution in [0.1, 0.15) is 19.3 Å². The average Bonchev–Trinajstić information content (AvgIpc) is 1.87. The summed E-state index contributed by atoms with van der Waals surface area (Å²) in [6.07, 6.45) is 1.26. The van der Waals surface area contributed by atoms with Crippen molar-refractivity contribution in [2.24, 2.45) is 5.92 Å². The summed E-state index contributed by atoms with van der Waals surface area (Å²) >= 11 is 0. The van der Waals surface area contributed by atoms with Crippen LogP contribution in [0.3, 0.4) is 0 Å². The minimum absolute atomic E-state index is 0.161. The average molecular weight is 159 g/mol. The van der Waals surface area contributed by atoms with Crippen molar-refractivity contribution in [3.63, 3.8) is 0 Å². The Morgan fingerprint density at radius 3 is 2.00 bits per heavy atom. The Bertz CT molecular complexity index is 139. The van der Waals surface area contributed by atoms with Gasteiger partial charge < -0.3 is 10.2 Å². The van der Waals surface area contributed by atoms with Crippen LogP contribution in [0.2, 0.25) is 0 Å². The molecule has 0 aromatic heterocycles. The molecule has 0 aromatic carbocycles. The summed E-state index contributed by atoms with van der Waals surface area (Å²) in [6, 6.07) is 0. The minimum Gasteiger partial charge on any atom is -0.481 e. The Kier molecular flexibility index (Phi) is 4.26. The maximum atomic E-state index is 10.2. The maximum absolute atomic E-state index is 10.2. The zero-order valence-electron chi connectivity index (χ0n) is 6.12. The molecule has 0 amide bonds. The summed E-state index contributed by atoms with van der Waals surface area (Å²) < 4.78 is 0. The van der Waals surface area contributed by atoms with E-state index in [0.29, 0.717) is 12.8 Å². The van der Waals surface area contributed by atoms with Gasteiger partial charge in [0.15, 0.2) is 5.92 Å². The van der Waals surface area contributed by atoms with Crippen LogP contribution in [0.25, 0.3) is 0 Å². The molecule has 0 rings (SSSR count). The largest absolute Gasteiger partial charge is 0.481 e. The molecule has 0 atom stereocenters. The highest BCUT2D eigenvalue weighted by atomic mass is 16.4. The van der Waals surface area contributed by atoms with Crippen LogP contribution in [0.15, 0.2) is 0 Å². The number of rotatable bonds is 5. The van der Waals surface area contributed by atoms with E-state index < -0.39 is 17.9 Å². The van der Waals surface area contributed by atoms with Crippen molar-refractivity contribution >= 4 is 11.9 Å². The van der Waals surface area contributed by atoms with Crippen LogP contribution in [-0.4, -0.2) is 22.2 Å². The molecule has 4 nitrogen and oxygen atoms in total. The fourth-order valence-corrected chi connectivity index (χ4v) is 0.701. The molecule has 0 saturated carbocycles. The molecule has 11 heavy (non-hydrogen) atoms. The van der Waals surface area contributed by atoms with Crippen molar-refractivity contribution in [3.8, 4) is 0 Å². The van der Waals surface area contributed by atoms with E-state index in [1.807, 2.05) is 0 Å². The summed E-state index contributed by atoms with van der Waals surface area (Å²) in [5.74, 6) is -3.81. The Morgan fingerprint density at radius 1 is 1.27 bits per heavy atom. The number of hydrogen-bond donors (Lipinski definition) is 2. The number of unbranched alkanes of at least 4 members (excludes halogenated alkanes) is 1. The number of carboxylic acids is 2. The van der Waals surface area contributed by atoms with Crippen molar-refractivity contribution in [3.05, 3.63) is 6.92 Å². The lowest BCUT2D eigenvalue weighted by molar-refractivity contribution is -0.154. The molecule has 0 aliphatic heterocycles. The van der Waals surface area contributed by atoms with Gasteiger partial charge in [-0.05, 0) is 6.42 Å². The smallest absolute Gasteiger partial charge is 0.317 e. The molecule has 0 unspecified atom stereocenters. The summed E-state index contributed by atoms with van der Waals surface area (Å²) in [4.78, 5) is 20.5. The van der Waals surface area contributed by atoms with Gasteiger partial charge in [-0.2, -0.15) is 0 Å². The second-order valence-corrected chi connectivity index (χ2v) is 2.22. The number of hydrogen-bond acceptors (Lipinski definition) is 2. The van der Waals surface area contributed by atoms with Gasteiger partial charge in [-0.15, -0.1) is 0 Å². The van der Waals surface area contributed by atoms with Crippen molar-refractivity contribution in [2.75, 3.05) is 0 Å². The Morgan fingerprint density at radius 2 is 1.73 bits per heavy atom. The van der Waals surface area contributed by atoms with Crippen molar-refractivity contribution < 1.29 is 19.8 Å². The quantitative estimate of drug-likeness (QED) is 0.581. The van der Waals surface area contributed by atoms with Gasteiger partial charge in [-0.3, -0.25) is 9.59 Å². The minimum atomic E-state index is -1.27. The van der Waals surface area contributed by atoms with Crippen LogP contribution in [0.5, 0.6) is 0 Å². The Balaban J connectivity index is 3.90. The van der Waals surface area contributed by atoms with Gasteiger partial charge in [-0.1, -0.05) is 19.8 Å². The third-order valence-electron chi connectivity index (χ3n) is 1.34. The molecule has 2 N–H and O–H groups in total. The second-order valence-electron chi connectivity index (χ2n) is 2.22. The molecule has 0 aromatic rings. The fraction of sp³-hybridized carbons (Fsp3) is 0.571. The highest BCUT2D eigenvalue weighted by Crippen LogP contribution is 2.08. The Hall–Kier alpha value is -1.06. The van der Waals surface area contributed by atoms with Crippen molar-refractivity contribution in [2.45, 2.75) is 19.3 Å². The molecular weight excluding hydrogens is 148 g/mol. The fourth-order valence-electron chi connectivity index (χ4n) is 0.701. The van der Waals surface area contributed by atoms with E-state index >= 15 is 0 Å². The molecule has 0 heterocycles. The van der Waals surface area contributed by atoms with Gasteiger partial charge in [0.25, 0.3) is 0 Å². The predicted octanol–water partition coefficient (Wildman–Crippen LogP) is 0.776. The van der Waals surface area contributed by atoms with E-state index in [2.05, 4.69) is 6.92 Å². The first-order chi connectivity index (χ1) is 5.09. The van der Waals surface area contributed by atoms with Gasteiger partial charge in [0.05, 0.1) is 0 Å². The molecule has 0 aliphatic rings. The van der Waals surface area contributed by atoms with E-state index in [9.17, 15) is 9.59 Å². The SMILES string of the molecule is [CH2]CCCC(C(=O)O)C(=O)O.